The number of nitrogens with two attached hydrogens (primary N) is 2. The van der Waals surface area contributed by atoms with E-state index in [1.54, 1.807) is 18.3 Å². The van der Waals surface area contributed by atoms with Gasteiger partial charge in [-0.05, 0) is 24.3 Å². The Morgan fingerprint density at radius 1 is 1.00 bits per heavy atom. The summed E-state index contributed by atoms with van der Waals surface area (Å²) in [6.07, 6.45) is 1.64. The van der Waals surface area contributed by atoms with Gasteiger partial charge >= 0.3 is 0 Å². The normalized spacial score (nSPS) is 10.8. The maximum Gasteiger partial charge on any atom is 0.124 e. The first kappa shape index (κ1) is 10.2. The van der Waals surface area contributed by atoms with Crippen LogP contribution in [0.25, 0.3) is 0 Å². The summed E-state index contributed by atoms with van der Waals surface area (Å²) in [5.41, 5.74) is 13.4. The van der Waals surface area contributed by atoms with Crippen LogP contribution < -0.4 is 11.5 Å². The third-order valence-electron chi connectivity index (χ3n) is 2.06. The van der Waals surface area contributed by atoms with E-state index in [1.165, 1.54) is 0 Å². The molecular weight excluding hydrogens is 200 g/mol. The molecule has 4 N–H and O–H groups in total. The summed E-state index contributed by atoms with van der Waals surface area (Å²) in [5, 5.41) is 0. The van der Waals surface area contributed by atoms with Gasteiger partial charge in [0.2, 0.25) is 0 Å². The quantitative estimate of drug-likeness (QED) is 0.590. The van der Waals surface area contributed by atoms with E-state index in [4.69, 9.17) is 11.5 Å². The molecule has 0 aliphatic heterocycles. The molecule has 4 heteroatoms. The average Bonchev–Trinajstić information content (AvgIpc) is 2.28. The third kappa shape index (κ3) is 2.36. The van der Waals surface area contributed by atoms with Gasteiger partial charge in [-0.25, -0.2) is 4.98 Å². The Labute approximate surface area is 93.6 Å². The minimum Gasteiger partial charge on any atom is -0.397 e. The summed E-state index contributed by atoms with van der Waals surface area (Å²) in [7, 11) is 0. The molecule has 80 valence electrons. The van der Waals surface area contributed by atoms with Gasteiger partial charge in [0.25, 0.3) is 0 Å². The molecule has 1 aromatic heterocycles. The number of nitrogen functional groups attached to an aromatic ring is 2. The molecule has 0 amide bonds. The van der Waals surface area contributed by atoms with E-state index in [0.717, 1.165) is 5.69 Å². The lowest BCUT2D eigenvalue weighted by atomic mass is 10.3. The molecule has 2 aromatic rings. The lowest BCUT2D eigenvalue weighted by Gasteiger charge is -1.98. The second-order valence-electron chi connectivity index (χ2n) is 3.30. The standard InChI is InChI=1S/C12H12N4/c13-10-5-1-2-6-11(10)15-8-9-4-3-7-12(14)16-9/h1-8H,13H2,(H2,14,16). The Kier molecular flexibility index (Phi) is 2.82. The number of nitrogens with zero attached hydrogens (tertiary/aromatic N) is 2. The summed E-state index contributed by atoms with van der Waals surface area (Å²) >= 11 is 0. The van der Waals surface area contributed by atoms with Gasteiger partial charge in [0.1, 0.15) is 5.82 Å². The van der Waals surface area contributed by atoms with Crippen molar-refractivity contribution in [1.29, 1.82) is 0 Å². The number of para-hydroxylation sites is 2. The van der Waals surface area contributed by atoms with Gasteiger partial charge in [-0.2, -0.15) is 0 Å². The lowest BCUT2D eigenvalue weighted by Crippen LogP contribution is -1.93. The minimum absolute atomic E-state index is 0.477. The Morgan fingerprint density at radius 3 is 2.56 bits per heavy atom. The second-order valence-corrected chi connectivity index (χ2v) is 3.30. The molecule has 0 saturated carbocycles. The van der Waals surface area contributed by atoms with Crippen LogP contribution in [0.4, 0.5) is 17.2 Å². The Balaban J connectivity index is 2.25. The van der Waals surface area contributed by atoms with Crippen LogP contribution in [-0.4, -0.2) is 11.2 Å². The number of benzene rings is 1. The first-order valence-corrected chi connectivity index (χ1v) is 4.87. The van der Waals surface area contributed by atoms with E-state index >= 15 is 0 Å². The van der Waals surface area contributed by atoms with Gasteiger partial charge in [-0.3, -0.25) is 4.99 Å². The zero-order chi connectivity index (χ0) is 11.4. The summed E-state index contributed by atoms with van der Waals surface area (Å²) in [4.78, 5) is 8.35. The van der Waals surface area contributed by atoms with Crippen molar-refractivity contribution in [3.63, 3.8) is 0 Å². The molecular formula is C12H12N4. The van der Waals surface area contributed by atoms with E-state index in [2.05, 4.69) is 9.98 Å². The van der Waals surface area contributed by atoms with Gasteiger partial charge in [0.05, 0.1) is 23.3 Å². The highest BCUT2D eigenvalue weighted by atomic mass is 14.9. The second kappa shape index (κ2) is 4.44. The fraction of sp³-hybridized carbons (Fsp3) is 0. The SMILES string of the molecule is Nc1cccc(C=Nc2ccccc2N)n1. The number of hydrogen-bond acceptors (Lipinski definition) is 4. The van der Waals surface area contributed by atoms with Crippen molar-refractivity contribution in [1.82, 2.24) is 4.98 Å². The van der Waals surface area contributed by atoms with Crippen molar-refractivity contribution < 1.29 is 0 Å². The van der Waals surface area contributed by atoms with Crippen LogP contribution in [-0.2, 0) is 0 Å². The maximum absolute atomic E-state index is 5.76. The fourth-order valence-corrected chi connectivity index (χ4v) is 1.28. The first-order chi connectivity index (χ1) is 7.75. The molecule has 1 aromatic carbocycles. The molecule has 1 heterocycles. The van der Waals surface area contributed by atoms with Crippen molar-refractivity contribution in [3.05, 3.63) is 48.2 Å². The van der Waals surface area contributed by atoms with Crippen molar-refractivity contribution in [2.45, 2.75) is 0 Å². The number of aromatic nitrogens is 1. The van der Waals surface area contributed by atoms with Crippen LogP contribution in [0.3, 0.4) is 0 Å². The van der Waals surface area contributed by atoms with Crippen LogP contribution in [0.15, 0.2) is 47.5 Å². The molecule has 0 unspecified atom stereocenters. The van der Waals surface area contributed by atoms with Crippen molar-refractivity contribution in [3.8, 4) is 0 Å². The van der Waals surface area contributed by atoms with Crippen LogP contribution in [0.5, 0.6) is 0 Å². The Hall–Kier alpha value is -2.36. The third-order valence-corrected chi connectivity index (χ3v) is 2.06. The Bertz CT molecular complexity index is 520. The highest BCUT2D eigenvalue weighted by Gasteiger charge is 1.94. The van der Waals surface area contributed by atoms with E-state index in [0.29, 0.717) is 17.2 Å². The molecule has 0 aliphatic carbocycles. The zero-order valence-electron chi connectivity index (χ0n) is 8.67. The van der Waals surface area contributed by atoms with Gasteiger partial charge < -0.3 is 11.5 Å². The highest BCUT2D eigenvalue weighted by Crippen LogP contribution is 2.20. The molecule has 4 nitrogen and oxygen atoms in total. The summed E-state index contributed by atoms with van der Waals surface area (Å²) in [6, 6.07) is 12.8. The first-order valence-electron chi connectivity index (χ1n) is 4.87. The van der Waals surface area contributed by atoms with Crippen molar-refractivity contribution in [2.24, 2.45) is 4.99 Å². The number of hydrogen-bond donors (Lipinski definition) is 2. The highest BCUT2D eigenvalue weighted by molar-refractivity contribution is 5.82. The minimum atomic E-state index is 0.477. The van der Waals surface area contributed by atoms with E-state index < -0.39 is 0 Å². The summed E-state index contributed by atoms with van der Waals surface area (Å²) in [6.45, 7) is 0. The van der Waals surface area contributed by atoms with Gasteiger partial charge in [-0.15, -0.1) is 0 Å². The molecule has 0 aliphatic rings. The molecule has 16 heavy (non-hydrogen) atoms. The summed E-state index contributed by atoms with van der Waals surface area (Å²) < 4.78 is 0. The van der Waals surface area contributed by atoms with Crippen LogP contribution >= 0.6 is 0 Å². The largest absolute Gasteiger partial charge is 0.397 e. The molecule has 0 spiro atoms. The fourth-order valence-electron chi connectivity index (χ4n) is 1.28. The molecule has 0 fully saturated rings. The molecule has 0 bridgehead atoms. The van der Waals surface area contributed by atoms with Gasteiger partial charge in [-0.1, -0.05) is 18.2 Å². The molecule has 2 rings (SSSR count). The average molecular weight is 212 g/mol. The molecule has 0 radical (unpaired) electrons. The predicted octanol–water partition coefficient (Wildman–Crippen LogP) is 2.00. The molecule has 0 atom stereocenters. The van der Waals surface area contributed by atoms with Crippen LogP contribution in [0.1, 0.15) is 5.69 Å². The topological polar surface area (TPSA) is 77.3 Å². The summed E-state index contributed by atoms with van der Waals surface area (Å²) in [5.74, 6) is 0.477. The zero-order valence-corrected chi connectivity index (χ0v) is 8.67. The van der Waals surface area contributed by atoms with Crippen LogP contribution in [0.2, 0.25) is 0 Å². The number of pyridine rings is 1. The van der Waals surface area contributed by atoms with E-state index in [1.807, 2.05) is 30.3 Å². The van der Waals surface area contributed by atoms with Gasteiger partial charge in [0.15, 0.2) is 0 Å². The van der Waals surface area contributed by atoms with E-state index in [9.17, 15) is 0 Å². The predicted molar refractivity (Wildman–Crippen MR) is 66.8 cm³/mol. The van der Waals surface area contributed by atoms with Crippen LogP contribution in [0, 0.1) is 0 Å². The molecule has 0 saturated heterocycles. The number of rotatable bonds is 2. The lowest BCUT2D eigenvalue weighted by molar-refractivity contribution is 1.31. The van der Waals surface area contributed by atoms with Crippen molar-refractivity contribution >= 4 is 23.4 Å². The van der Waals surface area contributed by atoms with Gasteiger partial charge in [0, 0.05) is 0 Å². The number of aliphatic imine (C=N–C) groups is 1. The monoisotopic (exact) mass is 212 g/mol. The smallest absolute Gasteiger partial charge is 0.124 e. The van der Waals surface area contributed by atoms with E-state index in [-0.39, 0.29) is 0 Å². The maximum atomic E-state index is 5.76. The van der Waals surface area contributed by atoms with Crippen molar-refractivity contribution in [2.75, 3.05) is 11.5 Å². The number of anilines is 2. The Morgan fingerprint density at radius 2 is 1.81 bits per heavy atom.